The molecule has 0 aromatic heterocycles. The molecule has 0 aromatic rings. The van der Waals surface area contributed by atoms with E-state index in [-0.39, 0.29) is 24.8 Å². The molecule has 154 valence electrons. The van der Waals surface area contributed by atoms with Crippen molar-refractivity contribution in [2.24, 2.45) is 11.8 Å². The fourth-order valence-corrected chi connectivity index (χ4v) is 14.9. The van der Waals surface area contributed by atoms with Crippen LogP contribution >= 0.6 is 0 Å². The maximum atomic E-state index is 2.75. The number of allylic oxidation sites excluding steroid dienone is 8. The average molecular weight is 499 g/mol. The molecule has 4 aliphatic carbocycles. The van der Waals surface area contributed by atoms with Gasteiger partial charge in [-0.25, -0.2) is 0 Å². The first-order valence-electron chi connectivity index (χ1n) is 11.2. The van der Waals surface area contributed by atoms with Crippen LogP contribution < -0.4 is 24.8 Å². The largest absolute Gasteiger partial charge is 1.00 e. The van der Waals surface area contributed by atoms with Crippen LogP contribution in [-0.2, 0) is 21.3 Å². The molecule has 0 fully saturated rings. The summed E-state index contributed by atoms with van der Waals surface area (Å²) >= 11 is -1.89. The SMILES string of the molecule is CC[C@@H]1[C]([Zr+2]([C]2=CC3=C(CCCC3)[C@H]2CC)=[C](C)C)=CC2=C1CCCC2.[Cl-].[Cl-]. The molecule has 0 radical (unpaired) electrons. The number of hydrogen-bond donors (Lipinski definition) is 0. The van der Waals surface area contributed by atoms with Crippen LogP contribution in [0.5, 0.6) is 0 Å². The van der Waals surface area contributed by atoms with E-state index in [2.05, 4.69) is 39.8 Å². The second-order valence-electron chi connectivity index (χ2n) is 9.01. The van der Waals surface area contributed by atoms with Gasteiger partial charge in [0.25, 0.3) is 0 Å². The molecule has 0 saturated carbocycles. The molecule has 4 rings (SSSR count). The van der Waals surface area contributed by atoms with E-state index in [0.29, 0.717) is 0 Å². The summed E-state index contributed by atoms with van der Waals surface area (Å²) in [4.78, 5) is 0. The van der Waals surface area contributed by atoms with Gasteiger partial charge < -0.3 is 24.8 Å². The summed E-state index contributed by atoms with van der Waals surface area (Å²) in [5, 5.41) is 0. The standard InChI is InChI=1S/2C11H15.C3H6.2ClH.Zr/c2*1-2-9-7-8-10-5-3-4-6-11(9)10;1-3-2;;;/h2*8-9H,2-6H2,1H3;1-2H3;2*1H;/q;;;;;+2/p-2/t2*9-;;;;/m10..../s1. The monoisotopic (exact) mass is 496 g/mol. The Morgan fingerprint density at radius 1 is 0.750 bits per heavy atom. The van der Waals surface area contributed by atoms with Gasteiger partial charge >= 0.3 is 169 Å². The van der Waals surface area contributed by atoms with Gasteiger partial charge in [0, 0.05) is 0 Å². The summed E-state index contributed by atoms with van der Waals surface area (Å²) in [7, 11) is 0. The molecule has 28 heavy (non-hydrogen) atoms. The molecule has 0 aliphatic heterocycles. The molecule has 0 spiro atoms. The molecule has 4 aliphatic rings. The predicted molar refractivity (Wildman–Crippen MR) is 111 cm³/mol. The Morgan fingerprint density at radius 2 is 1.14 bits per heavy atom. The van der Waals surface area contributed by atoms with Gasteiger partial charge in [0.05, 0.1) is 0 Å². The minimum Gasteiger partial charge on any atom is -1.00 e. The van der Waals surface area contributed by atoms with Gasteiger partial charge in [0.2, 0.25) is 0 Å². The van der Waals surface area contributed by atoms with Crippen molar-refractivity contribution in [3.63, 3.8) is 0 Å². The Hall–Kier alpha value is 0.293. The first-order chi connectivity index (χ1) is 12.7. The van der Waals surface area contributed by atoms with E-state index in [0.717, 1.165) is 11.8 Å². The van der Waals surface area contributed by atoms with Crippen LogP contribution in [0, 0.1) is 11.8 Å². The third kappa shape index (κ3) is 4.33. The molecular formula is C25H36Cl2Zr. The van der Waals surface area contributed by atoms with Crippen LogP contribution in [0.4, 0.5) is 0 Å². The van der Waals surface area contributed by atoms with E-state index in [4.69, 9.17) is 0 Å². The van der Waals surface area contributed by atoms with Crippen molar-refractivity contribution in [2.45, 2.75) is 91.9 Å². The Morgan fingerprint density at radius 3 is 1.50 bits per heavy atom. The summed E-state index contributed by atoms with van der Waals surface area (Å²) in [6.07, 6.45) is 19.4. The minimum absolute atomic E-state index is 0. The van der Waals surface area contributed by atoms with Gasteiger partial charge in [-0.15, -0.1) is 0 Å². The van der Waals surface area contributed by atoms with Gasteiger partial charge in [-0.1, -0.05) is 0 Å². The molecule has 0 unspecified atom stereocenters. The number of halogens is 2. The van der Waals surface area contributed by atoms with Crippen molar-refractivity contribution in [2.75, 3.05) is 0 Å². The van der Waals surface area contributed by atoms with Crippen molar-refractivity contribution in [3.05, 3.63) is 41.0 Å². The molecule has 0 saturated heterocycles. The van der Waals surface area contributed by atoms with Crippen LogP contribution in [0.15, 0.2) is 41.0 Å². The summed E-state index contributed by atoms with van der Waals surface area (Å²) in [6, 6.07) is 0. The molecule has 2 atom stereocenters. The smallest absolute Gasteiger partial charge is 1.00 e. The van der Waals surface area contributed by atoms with E-state index in [1.54, 1.807) is 14.4 Å². The van der Waals surface area contributed by atoms with Crippen LogP contribution in [0.2, 0.25) is 0 Å². The van der Waals surface area contributed by atoms with Crippen LogP contribution in [0.25, 0.3) is 0 Å². The summed E-state index contributed by atoms with van der Waals surface area (Å²) in [6.45, 7) is 9.84. The zero-order chi connectivity index (χ0) is 18.3. The molecule has 0 heterocycles. The van der Waals surface area contributed by atoms with Crippen molar-refractivity contribution < 1.29 is 46.1 Å². The van der Waals surface area contributed by atoms with Gasteiger partial charge in [-0.2, -0.15) is 0 Å². The molecule has 0 amide bonds. The van der Waals surface area contributed by atoms with Gasteiger partial charge in [-0.3, -0.25) is 0 Å². The first-order valence-corrected chi connectivity index (χ1v) is 14.9. The number of rotatable bonds is 4. The zero-order valence-electron chi connectivity index (χ0n) is 18.1. The second-order valence-corrected chi connectivity index (χ2v) is 16.2. The molecule has 0 bridgehead atoms. The van der Waals surface area contributed by atoms with E-state index in [1.165, 1.54) is 64.2 Å². The van der Waals surface area contributed by atoms with E-state index in [1.807, 2.05) is 17.7 Å². The van der Waals surface area contributed by atoms with Gasteiger partial charge in [-0.05, 0) is 0 Å². The van der Waals surface area contributed by atoms with Crippen LogP contribution in [0.3, 0.4) is 0 Å². The van der Waals surface area contributed by atoms with Crippen LogP contribution in [-0.4, -0.2) is 3.21 Å². The van der Waals surface area contributed by atoms with Crippen molar-refractivity contribution in [3.8, 4) is 0 Å². The van der Waals surface area contributed by atoms with Gasteiger partial charge in [0.1, 0.15) is 0 Å². The van der Waals surface area contributed by atoms with Crippen molar-refractivity contribution in [1.29, 1.82) is 0 Å². The first kappa shape index (κ1) is 24.6. The Kier molecular flexibility index (Phi) is 9.25. The average Bonchev–Trinajstić information content (AvgIpc) is 3.19. The third-order valence-corrected chi connectivity index (χ3v) is 15.0. The van der Waals surface area contributed by atoms with E-state index < -0.39 is 21.3 Å². The fourth-order valence-electron chi connectivity index (χ4n) is 6.15. The maximum absolute atomic E-state index is 2.75. The van der Waals surface area contributed by atoms with E-state index in [9.17, 15) is 0 Å². The van der Waals surface area contributed by atoms with Crippen LogP contribution in [0.1, 0.15) is 91.9 Å². The van der Waals surface area contributed by atoms with Crippen molar-refractivity contribution >= 4 is 3.21 Å². The van der Waals surface area contributed by atoms with Gasteiger partial charge in [0.15, 0.2) is 0 Å². The topological polar surface area (TPSA) is 0 Å². The molecular weight excluding hydrogens is 462 g/mol. The Bertz CT molecular complexity index is 701. The maximum Gasteiger partial charge on any atom is -1.00 e. The third-order valence-electron chi connectivity index (χ3n) is 7.25. The molecule has 0 aromatic carbocycles. The van der Waals surface area contributed by atoms with Crippen molar-refractivity contribution in [1.82, 2.24) is 0 Å². The fraction of sp³-hybridized carbons (Fsp3) is 0.640. The molecule has 3 heteroatoms. The zero-order valence-corrected chi connectivity index (χ0v) is 22.1. The molecule has 0 N–H and O–H groups in total. The summed E-state index contributed by atoms with van der Waals surface area (Å²) in [5.41, 5.74) is 7.25. The molecule has 0 nitrogen and oxygen atoms in total. The minimum atomic E-state index is -1.89. The summed E-state index contributed by atoms with van der Waals surface area (Å²) in [5.74, 6) is 1.62. The summed E-state index contributed by atoms with van der Waals surface area (Å²) < 4.78 is 5.71. The predicted octanol–water partition coefficient (Wildman–Crippen LogP) is 1.41. The normalized spacial score (nSPS) is 25.7. The van der Waals surface area contributed by atoms with E-state index >= 15 is 0 Å². The Balaban J connectivity index is 0.00000140. The quantitative estimate of drug-likeness (QED) is 0.550. The second kappa shape index (κ2) is 10.5. The number of hydrogen-bond acceptors (Lipinski definition) is 0. The Labute approximate surface area is 193 Å².